The zero-order valence-electron chi connectivity index (χ0n) is 13.8. The van der Waals surface area contributed by atoms with Crippen LogP contribution in [0.15, 0.2) is 42.5 Å². The second-order valence-electron chi connectivity index (χ2n) is 6.30. The predicted octanol–water partition coefficient (Wildman–Crippen LogP) is 4.04. The third kappa shape index (κ3) is 2.35. The summed E-state index contributed by atoms with van der Waals surface area (Å²) in [6, 6.07) is 13.7. The van der Waals surface area contributed by atoms with Gasteiger partial charge in [-0.15, -0.1) is 0 Å². The Morgan fingerprint density at radius 1 is 1.17 bits per heavy atom. The van der Waals surface area contributed by atoms with Crippen molar-refractivity contribution in [3.8, 4) is 5.75 Å². The summed E-state index contributed by atoms with van der Waals surface area (Å²) in [5.74, 6) is 0.808. The molecule has 4 nitrogen and oxygen atoms in total. The molecule has 0 spiro atoms. The predicted molar refractivity (Wildman–Crippen MR) is 94.5 cm³/mol. The number of aromatic amines is 1. The average molecular weight is 320 g/mol. The number of fused-ring (bicyclic) bond motifs is 2. The Morgan fingerprint density at radius 3 is 2.88 bits per heavy atom. The largest absolute Gasteiger partial charge is 0.493 e. The van der Waals surface area contributed by atoms with Crippen LogP contribution in [0.1, 0.15) is 39.6 Å². The number of hydrogen-bond acceptors (Lipinski definition) is 2. The van der Waals surface area contributed by atoms with Crippen molar-refractivity contribution in [1.82, 2.24) is 10.3 Å². The molecule has 4 rings (SSSR count). The minimum absolute atomic E-state index is 0.0186. The van der Waals surface area contributed by atoms with Crippen LogP contribution in [0.2, 0.25) is 0 Å². The molecule has 2 N–H and O–H groups in total. The van der Waals surface area contributed by atoms with Crippen molar-refractivity contribution in [2.45, 2.75) is 26.3 Å². The summed E-state index contributed by atoms with van der Waals surface area (Å²) >= 11 is 0. The van der Waals surface area contributed by atoms with Crippen LogP contribution in [-0.4, -0.2) is 17.5 Å². The van der Waals surface area contributed by atoms with E-state index in [0.717, 1.165) is 34.3 Å². The van der Waals surface area contributed by atoms with Gasteiger partial charge >= 0.3 is 0 Å². The third-order valence-electron chi connectivity index (χ3n) is 4.85. The summed E-state index contributed by atoms with van der Waals surface area (Å²) in [6.45, 7) is 4.73. The fraction of sp³-hybridized carbons (Fsp3) is 0.250. The van der Waals surface area contributed by atoms with Gasteiger partial charge in [-0.1, -0.05) is 30.3 Å². The van der Waals surface area contributed by atoms with Crippen LogP contribution >= 0.6 is 0 Å². The van der Waals surface area contributed by atoms with E-state index >= 15 is 0 Å². The third-order valence-corrected chi connectivity index (χ3v) is 4.85. The second-order valence-corrected chi connectivity index (χ2v) is 6.30. The molecule has 0 unspecified atom stereocenters. The Hall–Kier alpha value is -2.75. The molecule has 2 aromatic carbocycles. The molecule has 1 atom stereocenters. The molecule has 4 heteroatoms. The molecule has 3 aromatic rings. The average Bonchev–Trinajstić information content (AvgIpc) is 2.90. The van der Waals surface area contributed by atoms with E-state index in [4.69, 9.17) is 4.74 Å². The molecule has 0 saturated heterocycles. The van der Waals surface area contributed by atoms with E-state index in [-0.39, 0.29) is 11.9 Å². The lowest BCUT2D eigenvalue weighted by atomic mass is 10.00. The lowest BCUT2D eigenvalue weighted by Gasteiger charge is -2.26. The highest BCUT2D eigenvalue weighted by atomic mass is 16.5. The number of aromatic nitrogens is 1. The van der Waals surface area contributed by atoms with Gasteiger partial charge in [0.15, 0.2) is 0 Å². The van der Waals surface area contributed by atoms with Gasteiger partial charge in [0, 0.05) is 23.1 Å². The van der Waals surface area contributed by atoms with Gasteiger partial charge in [-0.2, -0.15) is 0 Å². The monoisotopic (exact) mass is 320 g/mol. The molecular formula is C20H20N2O2. The Balaban J connectivity index is 1.68. The SMILES string of the molecule is Cc1[nH]c2c(C(=O)N[C@@H]3CCOc4ccccc43)cccc2c1C. The standard InChI is InChI=1S/C20H20N2O2/c1-12-13(2)21-19-14(12)7-5-8-16(19)20(23)22-17-10-11-24-18-9-4-3-6-15(17)18/h3-9,17,21H,10-11H2,1-2H3,(H,22,23)/t17-/m1/s1. The number of aryl methyl sites for hydroxylation is 2. The Labute approximate surface area is 140 Å². The van der Waals surface area contributed by atoms with Crippen molar-refractivity contribution in [1.29, 1.82) is 0 Å². The number of amides is 1. The first-order valence-electron chi connectivity index (χ1n) is 8.25. The van der Waals surface area contributed by atoms with Crippen LogP contribution in [0.3, 0.4) is 0 Å². The summed E-state index contributed by atoms with van der Waals surface area (Å²) in [4.78, 5) is 16.2. The molecule has 1 aromatic heterocycles. The van der Waals surface area contributed by atoms with E-state index in [1.807, 2.05) is 43.3 Å². The van der Waals surface area contributed by atoms with Gasteiger partial charge in [-0.05, 0) is 31.5 Å². The zero-order valence-corrected chi connectivity index (χ0v) is 13.8. The van der Waals surface area contributed by atoms with E-state index in [9.17, 15) is 4.79 Å². The first kappa shape index (κ1) is 14.8. The minimum Gasteiger partial charge on any atom is -0.493 e. The van der Waals surface area contributed by atoms with E-state index in [1.54, 1.807) is 0 Å². The maximum absolute atomic E-state index is 12.9. The molecule has 1 amide bonds. The van der Waals surface area contributed by atoms with Crippen LogP contribution < -0.4 is 10.1 Å². The molecule has 1 aliphatic heterocycles. The molecule has 24 heavy (non-hydrogen) atoms. The topological polar surface area (TPSA) is 54.1 Å². The Morgan fingerprint density at radius 2 is 2.00 bits per heavy atom. The lowest BCUT2D eigenvalue weighted by molar-refractivity contribution is 0.0926. The normalized spacial score (nSPS) is 16.5. The summed E-state index contributed by atoms with van der Waals surface area (Å²) in [5.41, 5.74) is 4.93. The van der Waals surface area contributed by atoms with Crippen LogP contribution in [0.4, 0.5) is 0 Å². The van der Waals surface area contributed by atoms with Crippen molar-refractivity contribution >= 4 is 16.8 Å². The first-order chi connectivity index (χ1) is 11.6. The zero-order chi connectivity index (χ0) is 16.7. The van der Waals surface area contributed by atoms with Crippen molar-refractivity contribution < 1.29 is 9.53 Å². The van der Waals surface area contributed by atoms with Gasteiger partial charge in [0.2, 0.25) is 0 Å². The van der Waals surface area contributed by atoms with Crippen molar-refractivity contribution in [3.05, 3.63) is 64.8 Å². The molecule has 0 fully saturated rings. The molecule has 0 radical (unpaired) electrons. The fourth-order valence-corrected chi connectivity index (χ4v) is 3.40. The van der Waals surface area contributed by atoms with Crippen molar-refractivity contribution in [2.75, 3.05) is 6.61 Å². The van der Waals surface area contributed by atoms with E-state index in [1.165, 1.54) is 5.56 Å². The van der Waals surface area contributed by atoms with Crippen molar-refractivity contribution in [3.63, 3.8) is 0 Å². The quantitative estimate of drug-likeness (QED) is 0.749. The Kier molecular flexibility index (Phi) is 3.53. The Bertz CT molecular complexity index is 927. The summed E-state index contributed by atoms with van der Waals surface area (Å²) in [5, 5.41) is 4.28. The van der Waals surface area contributed by atoms with Crippen molar-refractivity contribution in [2.24, 2.45) is 0 Å². The number of carbonyl (C=O) groups is 1. The molecule has 2 heterocycles. The number of nitrogens with one attached hydrogen (secondary N) is 2. The first-order valence-corrected chi connectivity index (χ1v) is 8.25. The maximum Gasteiger partial charge on any atom is 0.253 e. The van der Waals surface area contributed by atoms with Gasteiger partial charge < -0.3 is 15.0 Å². The van der Waals surface area contributed by atoms with Crippen LogP contribution in [0.25, 0.3) is 10.9 Å². The number of ether oxygens (including phenoxy) is 1. The molecule has 0 bridgehead atoms. The van der Waals surface area contributed by atoms with Crippen LogP contribution in [-0.2, 0) is 0 Å². The number of para-hydroxylation sites is 2. The molecule has 0 aliphatic carbocycles. The molecule has 1 aliphatic rings. The fourth-order valence-electron chi connectivity index (χ4n) is 3.40. The van der Waals surface area contributed by atoms with Gasteiger partial charge in [-0.25, -0.2) is 0 Å². The van der Waals surface area contributed by atoms with Gasteiger partial charge in [0.25, 0.3) is 5.91 Å². The van der Waals surface area contributed by atoms with Gasteiger partial charge in [0.1, 0.15) is 5.75 Å². The lowest BCUT2D eigenvalue weighted by Crippen LogP contribution is -2.32. The highest BCUT2D eigenvalue weighted by molar-refractivity contribution is 6.06. The molecular weight excluding hydrogens is 300 g/mol. The molecule has 0 saturated carbocycles. The molecule has 122 valence electrons. The van der Waals surface area contributed by atoms with E-state index in [0.29, 0.717) is 12.2 Å². The highest BCUT2D eigenvalue weighted by Gasteiger charge is 2.24. The number of hydrogen-bond donors (Lipinski definition) is 2. The maximum atomic E-state index is 12.9. The minimum atomic E-state index is -0.0523. The second kappa shape index (κ2) is 5.71. The smallest absolute Gasteiger partial charge is 0.253 e. The van der Waals surface area contributed by atoms with E-state index in [2.05, 4.69) is 23.3 Å². The number of carbonyl (C=O) groups excluding carboxylic acids is 1. The van der Waals surface area contributed by atoms with Gasteiger partial charge in [0.05, 0.1) is 23.7 Å². The van der Waals surface area contributed by atoms with Crippen LogP contribution in [0.5, 0.6) is 5.75 Å². The summed E-state index contributed by atoms with van der Waals surface area (Å²) in [7, 11) is 0. The highest BCUT2D eigenvalue weighted by Crippen LogP contribution is 2.32. The number of rotatable bonds is 2. The summed E-state index contributed by atoms with van der Waals surface area (Å²) < 4.78 is 5.67. The number of benzene rings is 2. The number of H-pyrrole nitrogens is 1. The van der Waals surface area contributed by atoms with E-state index < -0.39 is 0 Å². The van der Waals surface area contributed by atoms with Crippen LogP contribution in [0, 0.1) is 13.8 Å². The van der Waals surface area contributed by atoms with Gasteiger partial charge in [-0.3, -0.25) is 4.79 Å². The summed E-state index contributed by atoms with van der Waals surface area (Å²) in [6.07, 6.45) is 0.779.